The second-order valence-corrected chi connectivity index (χ2v) is 6.31. The minimum atomic E-state index is -0.966. The van der Waals surface area contributed by atoms with Crippen LogP contribution in [0.15, 0.2) is 36.4 Å². The summed E-state index contributed by atoms with van der Waals surface area (Å²) >= 11 is 0. The minimum absolute atomic E-state index is 0.276. The Labute approximate surface area is 159 Å². The largest absolute Gasteiger partial charge is 0.491 e. The van der Waals surface area contributed by atoms with Gasteiger partial charge in [0.15, 0.2) is 0 Å². The van der Waals surface area contributed by atoms with Crippen LogP contribution in [0.5, 0.6) is 5.75 Å². The zero-order valence-corrected chi connectivity index (χ0v) is 15.1. The normalized spacial score (nSPS) is 13.4. The van der Waals surface area contributed by atoms with Gasteiger partial charge >= 0.3 is 12.2 Å². The van der Waals surface area contributed by atoms with Crippen molar-refractivity contribution in [3.05, 3.63) is 42.0 Å². The van der Waals surface area contributed by atoms with Crippen LogP contribution in [0.4, 0.5) is 15.5 Å². The monoisotopic (exact) mass is 382 g/mol. The molecular weight excluding hydrogens is 364 g/mol. The molecule has 3 aromatic rings. The van der Waals surface area contributed by atoms with Crippen LogP contribution >= 0.6 is 0 Å². The second-order valence-electron chi connectivity index (χ2n) is 6.31. The van der Waals surface area contributed by atoms with Gasteiger partial charge in [0, 0.05) is 5.56 Å². The molecule has 0 radical (unpaired) electrons. The number of rotatable bonds is 2. The highest BCUT2D eigenvalue weighted by molar-refractivity contribution is 5.88. The van der Waals surface area contributed by atoms with Crippen molar-refractivity contribution in [3.63, 3.8) is 0 Å². The molecule has 1 aromatic heterocycles. The first-order valence-electron chi connectivity index (χ1n) is 8.62. The van der Waals surface area contributed by atoms with Gasteiger partial charge in [0.2, 0.25) is 5.95 Å². The van der Waals surface area contributed by atoms with Gasteiger partial charge in [0.1, 0.15) is 12.4 Å². The van der Waals surface area contributed by atoms with E-state index in [1.807, 2.05) is 36.4 Å². The maximum atomic E-state index is 11.3. The van der Waals surface area contributed by atoms with Crippen molar-refractivity contribution in [2.24, 2.45) is 0 Å². The summed E-state index contributed by atoms with van der Waals surface area (Å²) in [6.07, 6.45) is -1.57. The number of hydrogen-bond donors (Lipinski definition) is 3. The zero-order valence-electron chi connectivity index (χ0n) is 15.1. The third kappa shape index (κ3) is 3.41. The Morgan fingerprint density at radius 2 is 2.04 bits per heavy atom. The lowest BCUT2D eigenvalue weighted by atomic mass is 10.0. The molecule has 0 saturated heterocycles. The Hall–Kier alpha value is -3.75. The number of nitrogens with zero attached hydrogens (tertiary/aromatic N) is 2. The summed E-state index contributed by atoms with van der Waals surface area (Å²) in [4.78, 5) is 31.3. The van der Waals surface area contributed by atoms with Crippen molar-refractivity contribution in [1.82, 2.24) is 14.9 Å². The third-order valence-electron chi connectivity index (χ3n) is 4.53. The van der Waals surface area contributed by atoms with E-state index in [0.717, 1.165) is 22.2 Å². The van der Waals surface area contributed by atoms with Crippen molar-refractivity contribution in [2.45, 2.75) is 6.54 Å². The van der Waals surface area contributed by atoms with Gasteiger partial charge in [-0.15, -0.1) is 0 Å². The number of imidazole rings is 1. The topological polar surface area (TPSA) is 117 Å². The Balaban J connectivity index is 1.66. The number of ether oxygens (including phenoxy) is 2. The lowest BCUT2D eigenvalue weighted by molar-refractivity contribution is 0.138. The summed E-state index contributed by atoms with van der Waals surface area (Å²) < 4.78 is 10.2. The average Bonchev–Trinajstić information content (AvgIpc) is 2.95. The molecule has 2 heterocycles. The number of benzene rings is 2. The lowest BCUT2D eigenvalue weighted by Crippen LogP contribution is -2.30. The predicted molar refractivity (Wildman–Crippen MR) is 101 cm³/mol. The summed E-state index contributed by atoms with van der Waals surface area (Å²) in [5.41, 5.74) is 4.12. The highest BCUT2D eigenvalue weighted by Crippen LogP contribution is 2.31. The molecule has 9 nitrogen and oxygen atoms in total. The van der Waals surface area contributed by atoms with Gasteiger partial charge in [0.05, 0.1) is 31.2 Å². The number of carbonyl (C=O) groups excluding carboxylic acids is 1. The van der Waals surface area contributed by atoms with Crippen LogP contribution < -0.4 is 10.1 Å². The molecule has 4 rings (SSSR count). The molecule has 0 atom stereocenters. The van der Waals surface area contributed by atoms with Crippen LogP contribution in [0.3, 0.4) is 0 Å². The molecule has 0 spiro atoms. The van der Waals surface area contributed by atoms with Crippen LogP contribution in [0.25, 0.3) is 22.2 Å². The lowest BCUT2D eigenvalue weighted by Gasteiger charge is -2.15. The minimum Gasteiger partial charge on any atom is -0.491 e. The van der Waals surface area contributed by atoms with Gasteiger partial charge < -0.3 is 24.5 Å². The molecule has 2 aromatic carbocycles. The highest BCUT2D eigenvalue weighted by Gasteiger charge is 2.19. The van der Waals surface area contributed by atoms with Crippen molar-refractivity contribution >= 4 is 29.2 Å². The first kappa shape index (κ1) is 17.7. The fourth-order valence-corrected chi connectivity index (χ4v) is 3.13. The van der Waals surface area contributed by atoms with Gasteiger partial charge in [0.25, 0.3) is 0 Å². The summed E-state index contributed by atoms with van der Waals surface area (Å²) in [6.45, 7) is 0.933. The van der Waals surface area contributed by atoms with E-state index >= 15 is 0 Å². The van der Waals surface area contributed by atoms with E-state index in [-0.39, 0.29) is 6.54 Å². The number of amides is 2. The van der Waals surface area contributed by atoms with Crippen LogP contribution in [0, 0.1) is 0 Å². The molecule has 0 unspecified atom stereocenters. The first-order valence-corrected chi connectivity index (χ1v) is 8.62. The number of anilines is 1. The molecule has 0 saturated carbocycles. The quantitative estimate of drug-likeness (QED) is 0.626. The van der Waals surface area contributed by atoms with Crippen molar-refractivity contribution in [1.29, 1.82) is 0 Å². The van der Waals surface area contributed by atoms with Crippen LogP contribution in [-0.4, -0.2) is 52.4 Å². The van der Waals surface area contributed by atoms with Crippen molar-refractivity contribution < 1.29 is 24.2 Å². The van der Waals surface area contributed by atoms with E-state index < -0.39 is 12.2 Å². The standard InChI is InChI=1S/C19H18N4O5/c1-27-18(24)22-17-20-14-4-2-12(9-15(14)21-17)11-3-5-16-13(8-11)10-23(19(25)26)6-7-28-16/h2-5,8-9H,6-7,10H2,1H3,(H,25,26)(H2,20,21,22,24). The summed E-state index contributed by atoms with van der Waals surface area (Å²) in [7, 11) is 1.28. The van der Waals surface area contributed by atoms with Gasteiger partial charge in [-0.3, -0.25) is 5.32 Å². The molecule has 9 heteroatoms. The number of carbonyl (C=O) groups is 2. The number of hydrogen-bond acceptors (Lipinski definition) is 5. The first-order chi connectivity index (χ1) is 13.5. The van der Waals surface area contributed by atoms with Gasteiger partial charge in [-0.05, 0) is 35.4 Å². The number of methoxy groups -OCH3 is 1. The fraction of sp³-hybridized carbons (Fsp3) is 0.211. The van der Waals surface area contributed by atoms with E-state index in [1.165, 1.54) is 12.0 Å². The Bertz CT molecular complexity index is 1060. The van der Waals surface area contributed by atoms with E-state index in [9.17, 15) is 14.7 Å². The molecule has 144 valence electrons. The zero-order chi connectivity index (χ0) is 19.7. The second kappa shape index (κ2) is 7.10. The number of aromatic amines is 1. The van der Waals surface area contributed by atoms with Crippen molar-refractivity contribution in [3.8, 4) is 16.9 Å². The maximum Gasteiger partial charge on any atom is 0.413 e. The van der Waals surface area contributed by atoms with Gasteiger partial charge in [-0.25, -0.2) is 14.6 Å². The smallest absolute Gasteiger partial charge is 0.413 e. The number of H-pyrrole nitrogens is 1. The predicted octanol–water partition coefficient (Wildman–Crippen LogP) is 3.28. The van der Waals surface area contributed by atoms with E-state index in [1.54, 1.807) is 0 Å². The number of carboxylic acid groups (broad SMARTS) is 1. The summed E-state index contributed by atoms with van der Waals surface area (Å²) in [5, 5.41) is 11.8. The maximum absolute atomic E-state index is 11.3. The Kier molecular flexibility index (Phi) is 4.48. The molecule has 28 heavy (non-hydrogen) atoms. The van der Waals surface area contributed by atoms with Crippen molar-refractivity contribution in [2.75, 3.05) is 25.6 Å². The van der Waals surface area contributed by atoms with Crippen LogP contribution in [0.2, 0.25) is 0 Å². The molecule has 0 bridgehead atoms. The van der Waals surface area contributed by atoms with Crippen LogP contribution in [-0.2, 0) is 11.3 Å². The number of aromatic nitrogens is 2. The molecule has 0 fully saturated rings. The van der Waals surface area contributed by atoms with Crippen LogP contribution in [0.1, 0.15) is 5.56 Å². The SMILES string of the molecule is COC(=O)Nc1nc2ccc(-c3ccc4c(c3)CN(C(=O)O)CCO4)cc2[nH]1. The molecule has 2 amide bonds. The highest BCUT2D eigenvalue weighted by atomic mass is 16.5. The molecule has 1 aliphatic heterocycles. The van der Waals surface area contributed by atoms with E-state index in [2.05, 4.69) is 20.0 Å². The molecular formula is C19H18N4O5. The van der Waals surface area contributed by atoms with E-state index in [0.29, 0.717) is 30.4 Å². The Morgan fingerprint density at radius 3 is 2.82 bits per heavy atom. The Morgan fingerprint density at radius 1 is 1.25 bits per heavy atom. The third-order valence-corrected chi connectivity index (χ3v) is 4.53. The molecule has 0 aliphatic carbocycles. The summed E-state index contributed by atoms with van der Waals surface area (Å²) in [5.74, 6) is 0.992. The number of fused-ring (bicyclic) bond motifs is 2. The summed E-state index contributed by atoms with van der Waals surface area (Å²) in [6, 6.07) is 11.4. The molecule has 3 N–H and O–H groups in total. The average molecular weight is 382 g/mol. The van der Waals surface area contributed by atoms with Gasteiger partial charge in [-0.2, -0.15) is 0 Å². The molecule has 1 aliphatic rings. The fourth-order valence-electron chi connectivity index (χ4n) is 3.13. The van der Waals surface area contributed by atoms with Gasteiger partial charge in [-0.1, -0.05) is 12.1 Å². The number of nitrogens with one attached hydrogen (secondary N) is 2. The van der Waals surface area contributed by atoms with E-state index in [4.69, 9.17) is 4.74 Å².